The van der Waals surface area contributed by atoms with E-state index in [2.05, 4.69) is 53.8 Å². The molecule has 1 saturated heterocycles. The fourth-order valence-corrected chi connectivity index (χ4v) is 4.38. The van der Waals surface area contributed by atoms with Crippen LogP contribution in [0, 0.1) is 19.8 Å². The zero-order valence-electron chi connectivity index (χ0n) is 16.6. The van der Waals surface area contributed by atoms with E-state index in [1.807, 2.05) is 6.20 Å². The van der Waals surface area contributed by atoms with E-state index in [0.29, 0.717) is 31.1 Å². The molecule has 0 aliphatic carbocycles. The quantitative estimate of drug-likeness (QED) is 0.821. The highest BCUT2D eigenvalue weighted by molar-refractivity contribution is 5.38. The van der Waals surface area contributed by atoms with Crippen LogP contribution >= 0.6 is 0 Å². The highest BCUT2D eigenvalue weighted by Gasteiger charge is 2.26. The zero-order valence-corrected chi connectivity index (χ0v) is 16.6. The van der Waals surface area contributed by atoms with Crippen molar-refractivity contribution in [2.24, 2.45) is 5.92 Å². The van der Waals surface area contributed by atoms with Crippen LogP contribution in [0.2, 0.25) is 0 Å². The molecule has 0 saturated carbocycles. The maximum atomic E-state index is 5.71. The Morgan fingerprint density at radius 2 is 1.93 bits per heavy atom. The van der Waals surface area contributed by atoms with Gasteiger partial charge >= 0.3 is 0 Å². The Morgan fingerprint density at radius 1 is 1.15 bits per heavy atom. The van der Waals surface area contributed by atoms with Gasteiger partial charge in [0.25, 0.3) is 5.88 Å². The Morgan fingerprint density at radius 3 is 2.74 bits per heavy atom. The SMILES string of the molecule is Cc1cc(C[C@H]2CCCN(C(C)c3cnc4c(c3)OCCO4)C2)cc(C)n1. The summed E-state index contributed by atoms with van der Waals surface area (Å²) in [5.74, 6) is 2.09. The summed E-state index contributed by atoms with van der Waals surface area (Å²) in [4.78, 5) is 11.6. The summed E-state index contributed by atoms with van der Waals surface area (Å²) in [5, 5.41) is 0. The maximum absolute atomic E-state index is 5.71. The van der Waals surface area contributed by atoms with Crippen molar-refractivity contribution in [3.63, 3.8) is 0 Å². The molecule has 2 aromatic rings. The van der Waals surface area contributed by atoms with E-state index < -0.39 is 0 Å². The molecule has 5 nitrogen and oxygen atoms in total. The van der Waals surface area contributed by atoms with E-state index in [1.54, 1.807) is 0 Å². The molecule has 4 heterocycles. The lowest BCUT2D eigenvalue weighted by Gasteiger charge is -2.37. The number of hydrogen-bond donors (Lipinski definition) is 0. The van der Waals surface area contributed by atoms with Gasteiger partial charge < -0.3 is 9.47 Å². The van der Waals surface area contributed by atoms with Gasteiger partial charge in [0.2, 0.25) is 0 Å². The predicted molar refractivity (Wildman–Crippen MR) is 105 cm³/mol. The summed E-state index contributed by atoms with van der Waals surface area (Å²) in [7, 11) is 0. The molecule has 4 rings (SSSR count). The van der Waals surface area contributed by atoms with Crippen molar-refractivity contribution < 1.29 is 9.47 Å². The molecule has 0 spiro atoms. The first-order chi connectivity index (χ1) is 13.1. The molecule has 1 fully saturated rings. The van der Waals surface area contributed by atoms with Crippen LogP contribution in [0.15, 0.2) is 24.4 Å². The molecular weight excluding hydrogens is 338 g/mol. The van der Waals surface area contributed by atoms with Crippen molar-refractivity contribution in [2.45, 2.75) is 46.1 Å². The van der Waals surface area contributed by atoms with E-state index in [9.17, 15) is 0 Å². The molecule has 2 aromatic heterocycles. The van der Waals surface area contributed by atoms with Crippen molar-refractivity contribution in [3.05, 3.63) is 46.9 Å². The first-order valence-electron chi connectivity index (χ1n) is 10.0. The fraction of sp³-hybridized carbons (Fsp3) is 0.545. The zero-order chi connectivity index (χ0) is 18.8. The number of hydrogen-bond acceptors (Lipinski definition) is 5. The van der Waals surface area contributed by atoms with Crippen molar-refractivity contribution in [1.82, 2.24) is 14.9 Å². The number of aromatic nitrogens is 2. The van der Waals surface area contributed by atoms with Crippen LogP contribution in [0.5, 0.6) is 11.6 Å². The number of nitrogens with zero attached hydrogens (tertiary/aromatic N) is 3. The predicted octanol–water partition coefficient (Wildman–Crippen LogP) is 3.88. The molecule has 2 atom stereocenters. The third-order valence-electron chi connectivity index (χ3n) is 5.67. The molecule has 0 radical (unpaired) electrons. The lowest BCUT2D eigenvalue weighted by Crippen LogP contribution is -2.38. The van der Waals surface area contributed by atoms with Crippen molar-refractivity contribution in [1.29, 1.82) is 0 Å². The lowest BCUT2D eigenvalue weighted by atomic mass is 9.90. The van der Waals surface area contributed by atoms with E-state index in [0.717, 1.165) is 36.6 Å². The first-order valence-corrected chi connectivity index (χ1v) is 10.0. The molecule has 144 valence electrons. The summed E-state index contributed by atoms with van der Waals surface area (Å²) < 4.78 is 11.3. The molecule has 5 heteroatoms. The highest BCUT2D eigenvalue weighted by atomic mass is 16.6. The van der Waals surface area contributed by atoms with E-state index in [1.165, 1.54) is 24.0 Å². The second-order valence-electron chi connectivity index (χ2n) is 7.91. The highest BCUT2D eigenvalue weighted by Crippen LogP contribution is 2.33. The van der Waals surface area contributed by atoms with Gasteiger partial charge in [0.1, 0.15) is 13.2 Å². The molecule has 0 amide bonds. The number of piperidine rings is 1. The van der Waals surface area contributed by atoms with Crippen LogP contribution in [0.25, 0.3) is 0 Å². The van der Waals surface area contributed by atoms with Gasteiger partial charge in [-0.2, -0.15) is 0 Å². The Kier molecular flexibility index (Phi) is 5.30. The molecular formula is C22H29N3O2. The first kappa shape index (κ1) is 18.2. The van der Waals surface area contributed by atoms with Gasteiger partial charge in [-0.05, 0) is 81.8 Å². The summed E-state index contributed by atoms with van der Waals surface area (Å²) >= 11 is 0. The monoisotopic (exact) mass is 367 g/mol. The van der Waals surface area contributed by atoms with Crippen molar-refractivity contribution in [3.8, 4) is 11.6 Å². The summed E-state index contributed by atoms with van der Waals surface area (Å²) in [6, 6.07) is 6.91. The molecule has 2 aliphatic rings. The van der Waals surface area contributed by atoms with E-state index in [4.69, 9.17) is 9.47 Å². The van der Waals surface area contributed by atoms with Gasteiger partial charge in [-0.3, -0.25) is 9.88 Å². The number of fused-ring (bicyclic) bond motifs is 1. The summed E-state index contributed by atoms with van der Waals surface area (Å²) in [5.41, 5.74) is 4.86. The summed E-state index contributed by atoms with van der Waals surface area (Å²) in [6.07, 6.45) is 5.61. The average molecular weight is 367 g/mol. The number of pyridine rings is 2. The van der Waals surface area contributed by atoms with E-state index in [-0.39, 0.29) is 0 Å². The number of rotatable bonds is 4. The Bertz CT molecular complexity index is 788. The molecule has 2 aliphatic heterocycles. The van der Waals surface area contributed by atoms with Crippen LogP contribution in [-0.4, -0.2) is 41.2 Å². The number of likely N-dealkylation sites (tertiary alicyclic amines) is 1. The Hall–Kier alpha value is -2.14. The Labute approximate surface area is 161 Å². The van der Waals surface area contributed by atoms with Gasteiger partial charge in [-0.15, -0.1) is 0 Å². The normalized spacial score (nSPS) is 21.1. The molecule has 0 aromatic carbocycles. The minimum absolute atomic E-state index is 0.331. The molecule has 1 unspecified atom stereocenters. The van der Waals surface area contributed by atoms with Crippen LogP contribution in [0.3, 0.4) is 0 Å². The van der Waals surface area contributed by atoms with Gasteiger partial charge in [-0.25, -0.2) is 4.98 Å². The van der Waals surface area contributed by atoms with Crippen molar-refractivity contribution in [2.75, 3.05) is 26.3 Å². The average Bonchev–Trinajstić information content (AvgIpc) is 2.66. The van der Waals surface area contributed by atoms with Gasteiger partial charge in [0.15, 0.2) is 5.75 Å². The standard InChI is InChI=1S/C22H29N3O2/c1-15-9-19(10-16(2)24-15)11-18-5-4-6-25(14-18)17(3)20-12-21-22(23-13-20)27-8-7-26-21/h9-10,12-13,17-18H,4-8,11,14H2,1-3H3/t17?,18-/m1/s1. The minimum atomic E-state index is 0.331. The second kappa shape index (κ2) is 7.85. The smallest absolute Gasteiger partial charge is 0.257 e. The van der Waals surface area contributed by atoms with Crippen molar-refractivity contribution >= 4 is 0 Å². The number of ether oxygens (including phenoxy) is 2. The van der Waals surface area contributed by atoms with Gasteiger partial charge in [0, 0.05) is 30.2 Å². The topological polar surface area (TPSA) is 47.5 Å². The van der Waals surface area contributed by atoms with E-state index >= 15 is 0 Å². The van der Waals surface area contributed by atoms with Crippen LogP contribution in [-0.2, 0) is 6.42 Å². The minimum Gasteiger partial charge on any atom is -0.484 e. The Balaban J connectivity index is 1.44. The van der Waals surface area contributed by atoms with Gasteiger partial charge in [-0.1, -0.05) is 0 Å². The third kappa shape index (κ3) is 4.24. The summed E-state index contributed by atoms with van der Waals surface area (Å²) in [6.45, 7) is 9.88. The maximum Gasteiger partial charge on any atom is 0.257 e. The van der Waals surface area contributed by atoms with Crippen LogP contribution in [0.4, 0.5) is 0 Å². The lowest BCUT2D eigenvalue weighted by molar-refractivity contribution is 0.129. The largest absolute Gasteiger partial charge is 0.484 e. The molecule has 0 N–H and O–H groups in total. The molecule has 27 heavy (non-hydrogen) atoms. The second-order valence-corrected chi connectivity index (χ2v) is 7.91. The van der Waals surface area contributed by atoms with Gasteiger partial charge in [0.05, 0.1) is 0 Å². The fourth-order valence-electron chi connectivity index (χ4n) is 4.38. The number of aryl methyl sites for hydroxylation is 2. The van der Waals surface area contributed by atoms with Crippen LogP contribution < -0.4 is 9.47 Å². The van der Waals surface area contributed by atoms with Crippen LogP contribution in [0.1, 0.15) is 48.3 Å². The molecule has 0 bridgehead atoms. The third-order valence-corrected chi connectivity index (χ3v) is 5.67.